The maximum absolute atomic E-state index is 12.9. The van der Waals surface area contributed by atoms with Crippen LogP contribution in [0.2, 0.25) is 0 Å². The van der Waals surface area contributed by atoms with E-state index in [0.29, 0.717) is 16.8 Å². The molecule has 1 aromatic carbocycles. The molecule has 0 unspecified atom stereocenters. The minimum absolute atomic E-state index is 0.0341. The molecule has 28 heavy (non-hydrogen) atoms. The van der Waals surface area contributed by atoms with Crippen LogP contribution in [0, 0.1) is 13.8 Å². The van der Waals surface area contributed by atoms with Crippen molar-refractivity contribution >= 4 is 28.5 Å². The number of fused-ring (bicyclic) bond motifs is 1. The van der Waals surface area contributed by atoms with Crippen LogP contribution in [-0.2, 0) is 7.05 Å². The molecule has 0 saturated carbocycles. The molecule has 1 N–H and O–H groups in total. The maximum Gasteiger partial charge on any atom is 0.257 e. The van der Waals surface area contributed by atoms with Crippen LogP contribution in [0.1, 0.15) is 44.8 Å². The van der Waals surface area contributed by atoms with E-state index in [9.17, 15) is 9.59 Å². The summed E-state index contributed by atoms with van der Waals surface area (Å²) in [6.45, 7) is 5.31. The summed E-state index contributed by atoms with van der Waals surface area (Å²) in [5, 5.41) is 8.12. The van der Waals surface area contributed by atoms with Crippen LogP contribution < -0.4 is 5.32 Å². The third-order valence-corrected chi connectivity index (χ3v) is 5.26. The molecule has 144 valence electrons. The molecule has 3 heterocycles. The lowest BCUT2D eigenvalue weighted by molar-refractivity contribution is 0.0794. The van der Waals surface area contributed by atoms with Crippen molar-refractivity contribution in [3.8, 4) is 0 Å². The summed E-state index contributed by atoms with van der Waals surface area (Å²) >= 11 is 0. The van der Waals surface area contributed by atoms with E-state index in [2.05, 4.69) is 15.4 Å². The van der Waals surface area contributed by atoms with Crippen LogP contribution >= 0.6 is 0 Å². The summed E-state index contributed by atoms with van der Waals surface area (Å²) in [4.78, 5) is 32.0. The maximum atomic E-state index is 12.9. The largest absolute Gasteiger partial charge is 0.339 e. The summed E-state index contributed by atoms with van der Waals surface area (Å²) in [6, 6.07) is 7.31. The van der Waals surface area contributed by atoms with Crippen molar-refractivity contribution in [2.24, 2.45) is 7.05 Å². The Bertz CT molecular complexity index is 1080. The van der Waals surface area contributed by atoms with E-state index in [1.165, 1.54) is 0 Å². The highest BCUT2D eigenvalue weighted by Crippen LogP contribution is 2.25. The van der Waals surface area contributed by atoms with Crippen molar-refractivity contribution in [3.63, 3.8) is 0 Å². The molecule has 3 aromatic rings. The summed E-state index contributed by atoms with van der Waals surface area (Å²) < 4.78 is 1.69. The topological polar surface area (TPSA) is 80.1 Å². The minimum atomic E-state index is -0.289. The molecule has 7 nitrogen and oxygen atoms in total. The zero-order chi connectivity index (χ0) is 19.8. The number of aromatic nitrogens is 3. The third-order valence-electron chi connectivity index (χ3n) is 5.26. The van der Waals surface area contributed by atoms with Crippen molar-refractivity contribution in [1.82, 2.24) is 19.7 Å². The number of hydrogen-bond donors (Lipinski definition) is 1. The Balaban J connectivity index is 1.66. The Morgan fingerprint density at radius 2 is 1.89 bits per heavy atom. The molecule has 0 bridgehead atoms. The molecule has 1 saturated heterocycles. The average molecular weight is 377 g/mol. The van der Waals surface area contributed by atoms with Gasteiger partial charge in [0.05, 0.1) is 22.5 Å². The quantitative estimate of drug-likeness (QED) is 0.761. The molecule has 0 spiro atoms. The number of likely N-dealkylation sites (tertiary alicyclic amines) is 1. The summed E-state index contributed by atoms with van der Waals surface area (Å²) in [5.41, 5.74) is 3.93. The van der Waals surface area contributed by atoms with E-state index in [4.69, 9.17) is 0 Å². The first-order chi connectivity index (χ1) is 13.5. The van der Waals surface area contributed by atoms with Crippen LogP contribution in [0.5, 0.6) is 0 Å². The number of nitrogens with zero attached hydrogens (tertiary/aromatic N) is 4. The third kappa shape index (κ3) is 3.13. The SMILES string of the molecule is Cc1cccc(C(=O)N2CCCC2)c1NC(=O)c1cnc2c(c1)c(C)nn2C. The number of para-hydroxylation sites is 1. The Hall–Kier alpha value is -3.22. The number of rotatable bonds is 3. The number of nitrogens with one attached hydrogen (secondary N) is 1. The Morgan fingerprint density at radius 1 is 1.14 bits per heavy atom. The van der Waals surface area contributed by atoms with Gasteiger partial charge in [-0.25, -0.2) is 4.98 Å². The van der Waals surface area contributed by atoms with Crippen LogP contribution in [0.15, 0.2) is 30.5 Å². The minimum Gasteiger partial charge on any atom is -0.339 e. The molecule has 2 amide bonds. The van der Waals surface area contributed by atoms with Gasteiger partial charge in [-0.1, -0.05) is 12.1 Å². The Labute approximate surface area is 163 Å². The van der Waals surface area contributed by atoms with Gasteiger partial charge < -0.3 is 10.2 Å². The smallest absolute Gasteiger partial charge is 0.257 e. The van der Waals surface area contributed by atoms with Gasteiger partial charge in [0.1, 0.15) is 0 Å². The lowest BCUT2D eigenvalue weighted by Crippen LogP contribution is -2.29. The lowest BCUT2D eigenvalue weighted by atomic mass is 10.1. The summed E-state index contributed by atoms with van der Waals surface area (Å²) in [6.07, 6.45) is 3.59. The van der Waals surface area contributed by atoms with Crippen molar-refractivity contribution in [2.75, 3.05) is 18.4 Å². The zero-order valence-electron chi connectivity index (χ0n) is 16.3. The van der Waals surface area contributed by atoms with E-state index < -0.39 is 0 Å². The van der Waals surface area contributed by atoms with Crippen LogP contribution in [-0.4, -0.2) is 44.6 Å². The van der Waals surface area contributed by atoms with Crippen molar-refractivity contribution in [1.29, 1.82) is 0 Å². The lowest BCUT2D eigenvalue weighted by Gasteiger charge is -2.19. The highest BCUT2D eigenvalue weighted by Gasteiger charge is 2.23. The van der Waals surface area contributed by atoms with Crippen LogP contribution in [0.4, 0.5) is 5.69 Å². The molecule has 2 aromatic heterocycles. The van der Waals surface area contributed by atoms with Gasteiger partial charge in [-0.2, -0.15) is 5.10 Å². The second kappa shape index (κ2) is 7.07. The first kappa shape index (κ1) is 18.2. The predicted molar refractivity (Wildman–Crippen MR) is 108 cm³/mol. The second-order valence-electron chi connectivity index (χ2n) is 7.26. The number of benzene rings is 1. The van der Waals surface area contributed by atoms with Crippen molar-refractivity contribution < 1.29 is 9.59 Å². The molecule has 1 aliphatic heterocycles. The number of aryl methyl sites for hydroxylation is 3. The number of amides is 2. The molecule has 1 fully saturated rings. The standard InChI is InChI=1S/C21H23N5O2/c1-13-7-6-8-16(21(28)26-9-4-5-10-26)18(13)23-20(27)15-11-17-14(2)24-25(3)19(17)22-12-15/h6-8,11-12H,4-5,9-10H2,1-3H3,(H,23,27). The monoisotopic (exact) mass is 377 g/mol. The molecular formula is C21H23N5O2. The molecule has 0 radical (unpaired) electrons. The number of pyridine rings is 1. The normalized spacial score (nSPS) is 13.9. The van der Waals surface area contributed by atoms with Gasteiger partial charge in [0, 0.05) is 31.7 Å². The Morgan fingerprint density at radius 3 is 2.64 bits per heavy atom. The van der Waals surface area contributed by atoms with Gasteiger partial charge >= 0.3 is 0 Å². The van der Waals surface area contributed by atoms with Gasteiger partial charge in [0.25, 0.3) is 11.8 Å². The second-order valence-corrected chi connectivity index (χ2v) is 7.26. The molecule has 0 atom stereocenters. The fraction of sp³-hybridized carbons (Fsp3) is 0.333. The van der Waals surface area contributed by atoms with Crippen molar-refractivity contribution in [2.45, 2.75) is 26.7 Å². The molecule has 7 heteroatoms. The van der Waals surface area contributed by atoms with E-state index in [-0.39, 0.29) is 11.8 Å². The number of carbonyl (C=O) groups excluding carboxylic acids is 2. The van der Waals surface area contributed by atoms with Gasteiger partial charge in [-0.05, 0) is 44.4 Å². The van der Waals surface area contributed by atoms with Crippen LogP contribution in [0.25, 0.3) is 11.0 Å². The first-order valence-corrected chi connectivity index (χ1v) is 9.45. The summed E-state index contributed by atoms with van der Waals surface area (Å²) in [5.74, 6) is -0.324. The summed E-state index contributed by atoms with van der Waals surface area (Å²) in [7, 11) is 1.83. The Kier molecular flexibility index (Phi) is 4.58. The number of hydrogen-bond acceptors (Lipinski definition) is 4. The van der Waals surface area contributed by atoms with Crippen LogP contribution in [0.3, 0.4) is 0 Å². The highest BCUT2D eigenvalue weighted by atomic mass is 16.2. The van der Waals surface area contributed by atoms with E-state index in [0.717, 1.165) is 48.2 Å². The average Bonchev–Trinajstić information content (AvgIpc) is 3.31. The molecule has 1 aliphatic rings. The molecule has 4 rings (SSSR count). The predicted octanol–water partition coefficient (Wildman–Crippen LogP) is 3.07. The highest BCUT2D eigenvalue weighted by molar-refractivity contribution is 6.10. The van der Waals surface area contributed by atoms with Gasteiger partial charge in [-0.3, -0.25) is 14.3 Å². The van der Waals surface area contributed by atoms with E-state index in [1.807, 2.05) is 37.9 Å². The molecular weight excluding hydrogens is 354 g/mol. The van der Waals surface area contributed by atoms with Gasteiger partial charge in [0.15, 0.2) is 5.65 Å². The van der Waals surface area contributed by atoms with Gasteiger partial charge in [-0.15, -0.1) is 0 Å². The molecule has 0 aliphatic carbocycles. The van der Waals surface area contributed by atoms with E-state index >= 15 is 0 Å². The first-order valence-electron chi connectivity index (χ1n) is 9.45. The van der Waals surface area contributed by atoms with E-state index in [1.54, 1.807) is 23.0 Å². The fourth-order valence-corrected chi connectivity index (χ4v) is 3.72. The number of anilines is 1. The fourth-order valence-electron chi connectivity index (χ4n) is 3.72. The van der Waals surface area contributed by atoms with Crippen molar-refractivity contribution in [3.05, 3.63) is 52.8 Å². The van der Waals surface area contributed by atoms with Gasteiger partial charge in [0.2, 0.25) is 0 Å². The number of carbonyl (C=O) groups is 2. The zero-order valence-corrected chi connectivity index (χ0v) is 16.3.